The molecule has 19 heavy (non-hydrogen) atoms. The van der Waals surface area contributed by atoms with Gasteiger partial charge in [0.1, 0.15) is 0 Å². The zero-order valence-corrected chi connectivity index (χ0v) is 12.2. The molecule has 0 radical (unpaired) electrons. The summed E-state index contributed by atoms with van der Waals surface area (Å²) in [6.07, 6.45) is 3.68. The first-order chi connectivity index (χ1) is 9.01. The Bertz CT molecular complexity index is 595. The molecule has 0 saturated heterocycles. The summed E-state index contributed by atoms with van der Waals surface area (Å²) in [5.41, 5.74) is 1.02. The van der Waals surface area contributed by atoms with Gasteiger partial charge in [0.2, 0.25) is 0 Å². The van der Waals surface area contributed by atoms with Crippen LogP contribution in [0.25, 0.3) is 0 Å². The normalized spacial score (nSPS) is 12.2. The first-order valence-corrected chi connectivity index (χ1v) is 6.70. The lowest BCUT2D eigenvalue weighted by atomic mass is 10.2. The third kappa shape index (κ3) is 3.05. The highest BCUT2D eigenvalue weighted by Crippen LogP contribution is 2.29. The van der Waals surface area contributed by atoms with Crippen molar-refractivity contribution in [2.24, 2.45) is 7.05 Å². The van der Waals surface area contributed by atoms with Crippen molar-refractivity contribution in [2.75, 3.05) is 12.4 Å². The van der Waals surface area contributed by atoms with E-state index in [1.54, 1.807) is 10.9 Å². The Morgan fingerprint density at radius 1 is 1.63 bits per heavy atom. The van der Waals surface area contributed by atoms with E-state index in [4.69, 9.17) is 11.6 Å². The molecule has 0 amide bonds. The number of halogens is 1. The van der Waals surface area contributed by atoms with E-state index in [1.165, 1.54) is 18.4 Å². The first kappa shape index (κ1) is 13.8. The number of anilines is 1. The summed E-state index contributed by atoms with van der Waals surface area (Å²) in [6, 6.07) is 0.0152. The molecule has 1 unspecified atom stereocenters. The topological polar surface area (TPSA) is 69.0 Å². The van der Waals surface area contributed by atoms with Gasteiger partial charge in [-0.25, -0.2) is 9.78 Å². The monoisotopic (exact) mass is 300 g/mol. The van der Waals surface area contributed by atoms with Crippen LogP contribution in [0.3, 0.4) is 0 Å². The van der Waals surface area contributed by atoms with E-state index >= 15 is 0 Å². The molecule has 2 rings (SSSR count). The van der Waals surface area contributed by atoms with Crippen LogP contribution in [0, 0.1) is 0 Å². The van der Waals surface area contributed by atoms with E-state index in [2.05, 4.69) is 20.1 Å². The molecule has 1 atom stereocenters. The van der Waals surface area contributed by atoms with Gasteiger partial charge in [-0.15, -0.1) is 0 Å². The van der Waals surface area contributed by atoms with Gasteiger partial charge in [0.05, 0.1) is 19.3 Å². The molecule has 102 valence electrons. The molecular formula is C11H13ClN4O2S. The lowest BCUT2D eigenvalue weighted by Gasteiger charge is -2.09. The quantitative estimate of drug-likeness (QED) is 0.879. The Morgan fingerprint density at radius 3 is 2.95 bits per heavy atom. The number of carbonyl (C=O) groups excluding carboxylic acids is 1. The van der Waals surface area contributed by atoms with Gasteiger partial charge in [-0.3, -0.25) is 4.68 Å². The molecule has 0 fully saturated rings. The highest BCUT2D eigenvalue weighted by atomic mass is 35.5. The Kier molecular flexibility index (Phi) is 4.06. The summed E-state index contributed by atoms with van der Waals surface area (Å²) in [7, 11) is 3.16. The molecule has 2 aromatic rings. The average molecular weight is 301 g/mol. The van der Waals surface area contributed by atoms with Crippen molar-refractivity contribution in [3.63, 3.8) is 0 Å². The maximum absolute atomic E-state index is 11.4. The van der Waals surface area contributed by atoms with E-state index < -0.39 is 5.97 Å². The minimum Gasteiger partial charge on any atom is -0.465 e. The molecule has 2 aromatic heterocycles. The highest BCUT2D eigenvalue weighted by molar-refractivity contribution is 7.18. The van der Waals surface area contributed by atoms with Crippen molar-refractivity contribution in [1.82, 2.24) is 14.8 Å². The number of ether oxygens (including phenoxy) is 1. The predicted octanol–water partition coefficient (Wildman–Crippen LogP) is 2.49. The number of nitrogens with one attached hydrogen (secondary N) is 1. The minimum absolute atomic E-state index is 0.0152. The number of esters is 1. The molecule has 0 bridgehead atoms. The van der Waals surface area contributed by atoms with Gasteiger partial charge in [0.15, 0.2) is 15.2 Å². The van der Waals surface area contributed by atoms with Crippen molar-refractivity contribution in [3.8, 4) is 0 Å². The summed E-state index contributed by atoms with van der Waals surface area (Å²) >= 11 is 7.06. The zero-order chi connectivity index (χ0) is 14.0. The van der Waals surface area contributed by atoms with Crippen molar-refractivity contribution in [2.45, 2.75) is 13.0 Å². The molecule has 6 nitrogen and oxygen atoms in total. The van der Waals surface area contributed by atoms with Crippen LogP contribution in [-0.2, 0) is 11.8 Å². The molecule has 0 spiro atoms. The highest BCUT2D eigenvalue weighted by Gasteiger charge is 2.18. The van der Waals surface area contributed by atoms with E-state index in [0.29, 0.717) is 10.0 Å². The van der Waals surface area contributed by atoms with E-state index in [-0.39, 0.29) is 11.2 Å². The minimum atomic E-state index is -0.482. The van der Waals surface area contributed by atoms with E-state index in [9.17, 15) is 4.79 Å². The summed E-state index contributed by atoms with van der Waals surface area (Å²) in [6.45, 7) is 1.98. The number of carbonyl (C=O) groups is 1. The van der Waals surface area contributed by atoms with E-state index in [1.807, 2.05) is 20.2 Å². The first-order valence-electron chi connectivity index (χ1n) is 5.51. The summed E-state index contributed by atoms with van der Waals surface area (Å²) in [5, 5.41) is 8.00. The van der Waals surface area contributed by atoms with Crippen molar-refractivity contribution in [1.29, 1.82) is 0 Å². The van der Waals surface area contributed by atoms with Crippen LogP contribution in [-0.4, -0.2) is 27.8 Å². The van der Waals surface area contributed by atoms with E-state index in [0.717, 1.165) is 5.56 Å². The summed E-state index contributed by atoms with van der Waals surface area (Å²) in [5.74, 6) is -0.482. The molecule has 0 aromatic carbocycles. The fourth-order valence-electron chi connectivity index (χ4n) is 1.51. The third-order valence-corrected chi connectivity index (χ3v) is 3.87. The lowest BCUT2D eigenvalue weighted by molar-refractivity contribution is 0.0606. The predicted molar refractivity (Wildman–Crippen MR) is 73.7 cm³/mol. The number of methoxy groups -OCH3 is 1. The fourth-order valence-corrected chi connectivity index (χ4v) is 2.70. The fraction of sp³-hybridized carbons (Fsp3) is 0.364. The number of aromatic nitrogens is 3. The molecule has 2 heterocycles. The summed E-state index contributed by atoms with van der Waals surface area (Å²) in [4.78, 5) is 15.8. The van der Waals surface area contributed by atoms with Crippen molar-refractivity contribution < 1.29 is 9.53 Å². The van der Waals surface area contributed by atoms with Gasteiger partial charge in [0.25, 0.3) is 0 Å². The number of hydrogen-bond donors (Lipinski definition) is 1. The standard InChI is InChI=1S/C11H13ClN4O2S/c1-6(7-4-13-16(2)5-7)14-11-15-9(12)8(19-11)10(17)18-3/h4-6H,1-3H3,(H,14,15). The molecule has 0 aliphatic heterocycles. The van der Waals surface area contributed by atoms with Gasteiger partial charge in [-0.2, -0.15) is 5.10 Å². The molecule has 1 N–H and O–H groups in total. The molecule has 0 saturated carbocycles. The Morgan fingerprint density at radius 2 is 2.37 bits per heavy atom. The van der Waals surface area contributed by atoms with Crippen molar-refractivity contribution in [3.05, 3.63) is 28.0 Å². The number of thiazole rings is 1. The average Bonchev–Trinajstić information content (AvgIpc) is 2.95. The molecule has 8 heteroatoms. The van der Waals surface area contributed by atoms with Crippen LogP contribution in [0.4, 0.5) is 5.13 Å². The number of hydrogen-bond acceptors (Lipinski definition) is 6. The van der Waals surface area contributed by atoms with Crippen LogP contribution >= 0.6 is 22.9 Å². The summed E-state index contributed by atoms with van der Waals surface area (Å²) < 4.78 is 6.35. The van der Waals surface area contributed by atoms with Crippen molar-refractivity contribution >= 4 is 34.0 Å². The maximum Gasteiger partial charge on any atom is 0.351 e. The molecular weight excluding hydrogens is 288 g/mol. The van der Waals surface area contributed by atoms with Gasteiger partial charge in [-0.05, 0) is 6.92 Å². The van der Waals surface area contributed by atoms with Crippen LogP contribution in [0.15, 0.2) is 12.4 Å². The van der Waals surface area contributed by atoms with Crippen LogP contribution in [0.1, 0.15) is 28.2 Å². The van der Waals surface area contributed by atoms with Crippen LogP contribution < -0.4 is 5.32 Å². The van der Waals surface area contributed by atoms with Crippen LogP contribution in [0.5, 0.6) is 0 Å². The second-order valence-electron chi connectivity index (χ2n) is 3.94. The maximum atomic E-state index is 11.4. The second-order valence-corrected chi connectivity index (χ2v) is 5.30. The van der Waals surface area contributed by atoms with Gasteiger partial charge in [0, 0.05) is 18.8 Å². The van der Waals surface area contributed by atoms with Gasteiger partial charge in [-0.1, -0.05) is 22.9 Å². The smallest absolute Gasteiger partial charge is 0.351 e. The largest absolute Gasteiger partial charge is 0.465 e. The van der Waals surface area contributed by atoms with Gasteiger partial charge >= 0.3 is 5.97 Å². The Labute approximate surface area is 119 Å². The number of nitrogens with zero attached hydrogens (tertiary/aromatic N) is 3. The SMILES string of the molecule is COC(=O)c1sc(NC(C)c2cnn(C)c2)nc1Cl. The zero-order valence-electron chi connectivity index (χ0n) is 10.7. The molecule has 0 aliphatic carbocycles. The van der Waals surface area contributed by atoms with Crippen LogP contribution in [0.2, 0.25) is 5.15 Å². The Hall–Kier alpha value is -1.60. The number of aryl methyl sites for hydroxylation is 1. The lowest BCUT2D eigenvalue weighted by Crippen LogP contribution is -2.05. The molecule has 0 aliphatic rings. The Balaban J connectivity index is 2.13. The number of rotatable bonds is 4. The third-order valence-electron chi connectivity index (χ3n) is 2.52. The van der Waals surface area contributed by atoms with Gasteiger partial charge < -0.3 is 10.1 Å². The second kappa shape index (κ2) is 5.58.